The van der Waals surface area contributed by atoms with Crippen LogP contribution in [0.3, 0.4) is 0 Å². The van der Waals surface area contributed by atoms with Crippen LogP contribution in [0.2, 0.25) is 0 Å². The maximum absolute atomic E-state index is 11.2. The number of ether oxygens (including phenoxy) is 6. The first-order valence-corrected chi connectivity index (χ1v) is 7.79. The minimum Gasteiger partial charge on any atom is -0.450 e. The monoisotopic (exact) mass is 502 g/mol. The van der Waals surface area contributed by atoms with Crippen LogP contribution in [0.25, 0.3) is 0 Å². The summed E-state index contributed by atoms with van der Waals surface area (Å²) in [6.45, 7) is 3.32. The van der Waals surface area contributed by atoms with Crippen LogP contribution >= 0.6 is 0 Å². The Labute approximate surface area is 184 Å². The molecule has 0 amide bonds. The first kappa shape index (κ1) is 39.4. The summed E-state index contributed by atoms with van der Waals surface area (Å²) >= 11 is 0. The van der Waals surface area contributed by atoms with Crippen molar-refractivity contribution in [3.05, 3.63) is 12.9 Å². The molecule has 0 aliphatic carbocycles. The zero-order valence-electron chi connectivity index (χ0n) is 17.6. The summed E-state index contributed by atoms with van der Waals surface area (Å²) in [6, 6.07) is 0. The zero-order chi connectivity index (χ0) is 27.2. The summed E-state index contributed by atoms with van der Waals surface area (Å²) in [4.78, 5) is 47.7. The van der Waals surface area contributed by atoms with Gasteiger partial charge >= 0.3 is 30.8 Å². The van der Waals surface area contributed by atoms with E-state index in [9.17, 15) is 32.3 Å². The molecule has 0 saturated carbocycles. The molecular formula is C15H25F3O15. The Kier molecular flexibility index (Phi) is 38.8. The summed E-state index contributed by atoms with van der Waals surface area (Å²) in [6.07, 6.45) is -8.83. The SMILES string of the molecule is C=CF.CCOC(=O)OC.COC(=O)OCC(F)F.O=C(O)O.O=C(O)OCCOC(=O)O. The third-order valence-corrected chi connectivity index (χ3v) is 1.46. The van der Waals surface area contributed by atoms with Gasteiger partial charge in [0, 0.05) is 0 Å². The van der Waals surface area contributed by atoms with E-state index >= 15 is 0 Å². The van der Waals surface area contributed by atoms with Crippen molar-refractivity contribution in [2.24, 2.45) is 0 Å². The van der Waals surface area contributed by atoms with E-state index in [2.05, 4.69) is 35.0 Å². The van der Waals surface area contributed by atoms with Gasteiger partial charge in [-0.25, -0.2) is 37.1 Å². The standard InChI is InChI=1S/C4H6F2O3.C4H6O6.C4H8O3.C2H3F.CH2O3/c1-8-4(7)9-2-3(5)6;5-3(6)9-1-2-10-4(7)8;1-3-7-4(5)6-2;1-2-3;2-1(3)4/h3H,2H2,1H3;1-2H2,(H,5,6)(H,7,8);3H2,1-2H3;2H,1H2;(H2,2,3,4). The maximum atomic E-state index is 11.2. The molecule has 0 aliphatic rings. The van der Waals surface area contributed by atoms with Gasteiger partial charge in [0.25, 0.3) is 6.43 Å². The van der Waals surface area contributed by atoms with E-state index in [1.165, 1.54) is 7.11 Å². The van der Waals surface area contributed by atoms with E-state index in [4.69, 9.17) is 25.2 Å². The Hall–Kier alpha value is -4.12. The highest BCUT2D eigenvalue weighted by Crippen LogP contribution is 1.93. The number of rotatable bonds is 6. The van der Waals surface area contributed by atoms with Crippen molar-refractivity contribution in [3.8, 4) is 0 Å². The fraction of sp³-hybridized carbons (Fsp3) is 0.533. The van der Waals surface area contributed by atoms with Crippen molar-refractivity contribution in [2.75, 3.05) is 40.6 Å². The molecular weight excluding hydrogens is 477 g/mol. The van der Waals surface area contributed by atoms with Gasteiger partial charge in [0.1, 0.15) is 13.2 Å². The number of carbonyl (C=O) groups excluding carboxylic acids is 2. The number of alkyl halides is 2. The molecule has 15 nitrogen and oxygen atoms in total. The van der Waals surface area contributed by atoms with Gasteiger partial charge in [0.05, 0.1) is 27.2 Å². The van der Waals surface area contributed by atoms with Crippen LogP contribution in [-0.4, -0.2) is 98.3 Å². The van der Waals surface area contributed by atoms with E-state index in [0.717, 1.165) is 7.11 Å². The third-order valence-electron chi connectivity index (χ3n) is 1.46. The topological polar surface area (TPSA) is 222 Å². The van der Waals surface area contributed by atoms with Crippen LogP contribution in [0.5, 0.6) is 0 Å². The molecule has 0 saturated heterocycles. The highest BCUT2D eigenvalue weighted by Gasteiger charge is 2.06. The number of methoxy groups -OCH3 is 2. The molecule has 0 atom stereocenters. The predicted molar refractivity (Wildman–Crippen MR) is 98.3 cm³/mol. The molecule has 0 aromatic rings. The molecule has 0 rings (SSSR count). The number of carbonyl (C=O) groups is 5. The van der Waals surface area contributed by atoms with E-state index in [0.29, 0.717) is 6.61 Å². The van der Waals surface area contributed by atoms with Gasteiger partial charge in [0.2, 0.25) is 0 Å². The van der Waals surface area contributed by atoms with Crippen molar-refractivity contribution in [1.29, 1.82) is 0 Å². The molecule has 0 fully saturated rings. The van der Waals surface area contributed by atoms with E-state index in [1.807, 2.05) is 0 Å². The first-order chi connectivity index (χ1) is 15.2. The van der Waals surface area contributed by atoms with Gasteiger partial charge in [-0.1, -0.05) is 6.58 Å². The van der Waals surface area contributed by atoms with Crippen LogP contribution < -0.4 is 0 Å². The molecule has 0 spiro atoms. The molecule has 0 radical (unpaired) electrons. The summed E-state index contributed by atoms with van der Waals surface area (Å²) in [5.74, 6) is 0. The molecule has 0 aliphatic heterocycles. The lowest BCUT2D eigenvalue weighted by atomic mass is 10.8. The van der Waals surface area contributed by atoms with E-state index in [-0.39, 0.29) is 19.5 Å². The fourth-order valence-electron chi connectivity index (χ4n) is 0.625. The summed E-state index contributed by atoms with van der Waals surface area (Å²) in [7, 11) is 2.33. The Morgan fingerprint density at radius 1 is 0.818 bits per heavy atom. The van der Waals surface area contributed by atoms with Crippen molar-refractivity contribution in [3.63, 3.8) is 0 Å². The number of hydrogen-bond acceptors (Lipinski definition) is 11. The van der Waals surface area contributed by atoms with Crippen LogP contribution in [0.15, 0.2) is 12.9 Å². The van der Waals surface area contributed by atoms with Gasteiger partial charge < -0.3 is 48.8 Å². The number of hydrogen-bond donors (Lipinski definition) is 4. The lowest BCUT2D eigenvalue weighted by Crippen LogP contribution is -2.10. The van der Waals surface area contributed by atoms with Crippen molar-refractivity contribution >= 4 is 30.8 Å². The minimum atomic E-state index is -2.64. The Morgan fingerprint density at radius 3 is 1.30 bits per heavy atom. The predicted octanol–water partition coefficient (Wildman–Crippen LogP) is 3.52. The van der Waals surface area contributed by atoms with Crippen LogP contribution in [-0.2, 0) is 28.4 Å². The molecule has 0 unspecified atom stereocenters. The zero-order valence-corrected chi connectivity index (χ0v) is 17.6. The van der Waals surface area contributed by atoms with E-state index < -0.39 is 43.8 Å². The highest BCUT2D eigenvalue weighted by molar-refractivity contribution is 5.59. The lowest BCUT2D eigenvalue weighted by molar-refractivity contribution is 0.0160. The highest BCUT2D eigenvalue weighted by atomic mass is 19.3. The van der Waals surface area contributed by atoms with Crippen molar-refractivity contribution < 1.29 is 86.0 Å². The molecule has 0 bridgehead atoms. The fourth-order valence-corrected chi connectivity index (χ4v) is 0.625. The number of halogens is 3. The molecule has 0 heterocycles. The summed E-state index contributed by atoms with van der Waals surface area (Å²) in [5.41, 5.74) is 0. The largest absolute Gasteiger partial charge is 0.508 e. The molecule has 4 N–H and O–H groups in total. The van der Waals surface area contributed by atoms with Crippen molar-refractivity contribution in [2.45, 2.75) is 13.3 Å². The van der Waals surface area contributed by atoms with Gasteiger partial charge in [-0.2, -0.15) is 0 Å². The van der Waals surface area contributed by atoms with Crippen LogP contribution in [0.1, 0.15) is 6.92 Å². The number of carboxylic acid groups (broad SMARTS) is 4. The van der Waals surface area contributed by atoms with Crippen LogP contribution in [0, 0.1) is 0 Å². The Balaban J connectivity index is -0.000000105. The van der Waals surface area contributed by atoms with Crippen LogP contribution in [0.4, 0.5) is 37.1 Å². The maximum Gasteiger partial charge on any atom is 0.508 e. The average molecular weight is 502 g/mol. The Bertz CT molecular complexity index is 509. The molecule has 0 aromatic heterocycles. The van der Waals surface area contributed by atoms with Gasteiger partial charge in [-0.05, 0) is 6.92 Å². The second-order valence-electron chi connectivity index (χ2n) is 3.71. The van der Waals surface area contributed by atoms with Crippen molar-refractivity contribution in [1.82, 2.24) is 0 Å². The first-order valence-electron chi connectivity index (χ1n) is 7.79. The molecule has 196 valence electrons. The second-order valence-corrected chi connectivity index (χ2v) is 3.71. The minimum absolute atomic E-state index is 0.250. The molecule has 33 heavy (non-hydrogen) atoms. The molecule has 0 aromatic carbocycles. The smallest absolute Gasteiger partial charge is 0.450 e. The normalized spacial score (nSPS) is 7.85. The summed E-state index contributed by atoms with van der Waals surface area (Å²) < 4.78 is 56.5. The summed E-state index contributed by atoms with van der Waals surface area (Å²) in [5, 5.41) is 29.7. The Morgan fingerprint density at radius 2 is 1.12 bits per heavy atom. The van der Waals surface area contributed by atoms with Gasteiger partial charge in [-0.3, -0.25) is 0 Å². The lowest BCUT2D eigenvalue weighted by Gasteiger charge is -1.99. The molecule has 18 heteroatoms. The third kappa shape index (κ3) is 84.3. The van der Waals surface area contributed by atoms with E-state index in [1.54, 1.807) is 6.92 Å². The average Bonchev–Trinajstić information content (AvgIpc) is 2.70. The second kappa shape index (κ2) is 32.5. The van der Waals surface area contributed by atoms with Gasteiger partial charge in [0.15, 0.2) is 6.61 Å². The quantitative estimate of drug-likeness (QED) is 0.232. The van der Waals surface area contributed by atoms with Gasteiger partial charge in [-0.15, -0.1) is 0 Å².